The normalized spacial score (nSPS) is 10.5. The molecule has 0 amide bonds. The van der Waals surface area contributed by atoms with E-state index in [4.69, 9.17) is 10.2 Å². The third-order valence-corrected chi connectivity index (χ3v) is 2.18. The number of nitrogens with one attached hydrogen (secondary N) is 1. The lowest BCUT2D eigenvalue weighted by Gasteiger charge is -2.14. The molecular formula is C8H11BrN2O2. The molecule has 72 valence electrons. The largest absolute Gasteiger partial charge is 0.394 e. The van der Waals surface area contributed by atoms with Gasteiger partial charge in [0.15, 0.2) is 0 Å². The number of anilines is 1. The molecule has 0 unspecified atom stereocenters. The van der Waals surface area contributed by atoms with Crippen molar-refractivity contribution in [1.82, 2.24) is 4.98 Å². The topological polar surface area (TPSA) is 65.4 Å². The molecular weight excluding hydrogens is 236 g/mol. The Hall–Kier alpha value is -0.650. The van der Waals surface area contributed by atoms with Gasteiger partial charge < -0.3 is 15.5 Å². The molecule has 1 aromatic rings. The molecule has 4 nitrogen and oxygen atoms in total. The zero-order chi connectivity index (χ0) is 9.68. The van der Waals surface area contributed by atoms with Crippen LogP contribution in [-0.4, -0.2) is 34.5 Å². The van der Waals surface area contributed by atoms with Gasteiger partial charge in [0.2, 0.25) is 0 Å². The lowest BCUT2D eigenvalue weighted by molar-refractivity contribution is 0.203. The van der Waals surface area contributed by atoms with Crippen LogP contribution in [0.3, 0.4) is 0 Å². The Morgan fingerprint density at radius 1 is 1.46 bits per heavy atom. The summed E-state index contributed by atoms with van der Waals surface area (Å²) in [6, 6.07) is 3.26. The fraction of sp³-hybridized carbons (Fsp3) is 0.375. The highest BCUT2D eigenvalue weighted by Gasteiger charge is 2.07. The highest BCUT2D eigenvalue weighted by atomic mass is 79.9. The molecule has 0 aliphatic rings. The first-order chi connectivity index (χ1) is 6.27. The van der Waals surface area contributed by atoms with Crippen molar-refractivity contribution in [2.75, 3.05) is 18.5 Å². The number of rotatable bonds is 4. The van der Waals surface area contributed by atoms with Crippen LogP contribution in [0.5, 0.6) is 0 Å². The molecule has 1 aromatic heterocycles. The highest BCUT2D eigenvalue weighted by Crippen LogP contribution is 2.18. The second-order valence-corrected chi connectivity index (χ2v) is 3.39. The van der Waals surface area contributed by atoms with E-state index < -0.39 is 0 Å². The van der Waals surface area contributed by atoms with E-state index in [0.29, 0.717) is 5.82 Å². The first-order valence-electron chi connectivity index (χ1n) is 3.86. The number of hydrogen-bond donors (Lipinski definition) is 3. The van der Waals surface area contributed by atoms with Gasteiger partial charge in [-0.05, 0) is 28.1 Å². The van der Waals surface area contributed by atoms with Crippen LogP contribution in [0.4, 0.5) is 5.82 Å². The van der Waals surface area contributed by atoms with Crippen LogP contribution < -0.4 is 5.32 Å². The molecule has 0 bridgehead atoms. The molecule has 0 aromatic carbocycles. The molecule has 13 heavy (non-hydrogen) atoms. The number of pyridine rings is 1. The summed E-state index contributed by atoms with van der Waals surface area (Å²) >= 11 is 3.29. The molecule has 5 heteroatoms. The summed E-state index contributed by atoms with van der Waals surface area (Å²) < 4.78 is 0.807. The summed E-state index contributed by atoms with van der Waals surface area (Å²) in [5.41, 5.74) is 0. The summed E-state index contributed by atoms with van der Waals surface area (Å²) in [7, 11) is 0. The second kappa shape index (κ2) is 5.16. The summed E-state index contributed by atoms with van der Waals surface area (Å²) in [6.07, 6.45) is 1.64. The van der Waals surface area contributed by atoms with Crippen LogP contribution in [-0.2, 0) is 0 Å². The Labute approximate surface area is 84.8 Å². The molecule has 0 saturated heterocycles. The van der Waals surface area contributed by atoms with Gasteiger partial charge in [-0.25, -0.2) is 4.98 Å². The minimum Gasteiger partial charge on any atom is -0.394 e. The van der Waals surface area contributed by atoms with Crippen molar-refractivity contribution in [3.8, 4) is 0 Å². The van der Waals surface area contributed by atoms with E-state index in [9.17, 15) is 0 Å². The highest BCUT2D eigenvalue weighted by molar-refractivity contribution is 9.10. The van der Waals surface area contributed by atoms with Gasteiger partial charge >= 0.3 is 0 Å². The van der Waals surface area contributed by atoms with Crippen LogP contribution in [0.25, 0.3) is 0 Å². The lowest BCUT2D eigenvalue weighted by Crippen LogP contribution is -2.28. The molecule has 3 N–H and O–H groups in total. The van der Waals surface area contributed by atoms with Gasteiger partial charge in [0, 0.05) is 6.20 Å². The Morgan fingerprint density at radius 2 is 2.15 bits per heavy atom. The van der Waals surface area contributed by atoms with Crippen molar-refractivity contribution in [2.45, 2.75) is 6.04 Å². The molecule has 0 radical (unpaired) electrons. The Morgan fingerprint density at radius 3 is 2.69 bits per heavy atom. The van der Waals surface area contributed by atoms with E-state index in [1.807, 2.05) is 6.07 Å². The Kier molecular flexibility index (Phi) is 4.14. The van der Waals surface area contributed by atoms with Crippen LogP contribution in [0.15, 0.2) is 22.8 Å². The summed E-state index contributed by atoms with van der Waals surface area (Å²) in [5.74, 6) is 0.621. The first-order valence-corrected chi connectivity index (χ1v) is 4.66. The fourth-order valence-electron chi connectivity index (χ4n) is 0.834. The molecule has 0 aliphatic heterocycles. The van der Waals surface area contributed by atoms with E-state index in [2.05, 4.69) is 26.2 Å². The van der Waals surface area contributed by atoms with Crippen molar-refractivity contribution >= 4 is 21.7 Å². The lowest BCUT2D eigenvalue weighted by atomic mass is 10.3. The number of aliphatic hydroxyl groups excluding tert-OH is 2. The zero-order valence-electron chi connectivity index (χ0n) is 6.94. The van der Waals surface area contributed by atoms with E-state index in [1.165, 1.54) is 0 Å². The predicted octanol–water partition coefficient (Wildman–Crippen LogP) is 0.609. The number of nitrogens with zero attached hydrogens (tertiary/aromatic N) is 1. The van der Waals surface area contributed by atoms with E-state index in [-0.39, 0.29) is 19.3 Å². The SMILES string of the molecule is OCC(CO)Nc1ncccc1Br. The minimum absolute atomic E-state index is 0.125. The van der Waals surface area contributed by atoms with Crippen molar-refractivity contribution in [2.24, 2.45) is 0 Å². The van der Waals surface area contributed by atoms with E-state index >= 15 is 0 Å². The number of halogens is 1. The molecule has 0 aliphatic carbocycles. The van der Waals surface area contributed by atoms with Crippen LogP contribution in [0, 0.1) is 0 Å². The van der Waals surface area contributed by atoms with Gasteiger partial charge in [-0.1, -0.05) is 0 Å². The summed E-state index contributed by atoms with van der Waals surface area (Å²) in [5, 5.41) is 20.5. The van der Waals surface area contributed by atoms with E-state index in [1.54, 1.807) is 12.3 Å². The minimum atomic E-state index is -0.369. The molecule has 0 atom stereocenters. The van der Waals surface area contributed by atoms with Crippen LogP contribution in [0.1, 0.15) is 0 Å². The second-order valence-electron chi connectivity index (χ2n) is 2.54. The predicted molar refractivity (Wildman–Crippen MR) is 53.5 cm³/mol. The van der Waals surface area contributed by atoms with Gasteiger partial charge in [0.05, 0.1) is 23.7 Å². The van der Waals surface area contributed by atoms with Gasteiger partial charge in [-0.2, -0.15) is 0 Å². The number of hydrogen-bond acceptors (Lipinski definition) is 4. The monoisotopic (exact) mass is 246 g/mol. The van der Waals surface area contributed by atoms with Crippen molar-refractivity contribution in [3.05, 3.63) is 22.8 Å². The number of aromatic nitrogens is 1. The van der Waals surface area contributed by atoms with Crippen molar-refractivity contribution in [3.63, 3.8) is 0 Å². The maximum Gasteiger partial charge on any atom is 0.140 e. The van der Waals surface area contributed by atoms with Crippen LogP contribution >= 0.6 is 15.9 Å². The average Bonchev–Trinajstić information content (AvgIpc) is 2.17. The van der Waals surface area contributed by atoms with Crippen molar-refractivity contribution in [1.29, 1.82) is 0 Å². The van der Waals surface area contributed by atoms with Gasteiger partial charge in [-0.3, -0.25) is 0 Å². The van der Waals surface area contributed by atoms with Crippen molar-refractivity contribution < 1.29 is 10.2 Å². The zero-order valence-corrected chi connectivity index (χ0v) is 8.53. The maximum absolute atomic E-state index is 8.81. The summed E-state index contributed by atoms with van der Waals surface area (Å²) in [6.45, 7) is -0.251. The summed E-state index contributed by atoms with van der Waals surface area (Å²) in [4.78, 5) is 4.03. The third-order valence-electron chi connectivity index (χ3n) is 1.54. The molecule has 1 rings (SSSR count). The van der Waals surface area contributed by atoms with Gasteiger partial charge in [0.25, 0.3) is 0 Å². The number of aliphatic hydroxyl groups is 2. The molecule has 0 saturated carbocycles. The third kappa shape index (κ3) is 2.95. The van der Waals surface area contributed by atoms with Gasteiger partial charge in [-0.15, -0.1) is 0 Å². The smallest absolute Gasteiger partial charge is 0.140 e. The Bertz CT molecular complexity index is 266. The van der Waals surface area contributed by atoms with Gasteiger partial charge in [0.1, 0.15) is 5.82 Å². The molecule has 1 heterocycles. The van der Waals surface area contributed by atoms with E-state index in [0.717, 1.165) is 4.47 Å². The quantitative estimate of drug-likeness (QED) is 0.729. The molecule has 0 fully saturated rings. The first kappa shape index (κ1) is 10.4. The standard InChI is InChI=1S/C8H11BrN2O2/c9-7-2-1-3-10-8(7)11-6(4-12)5-13/h1-3,6,12-13H,4-5H2,(H,10,11). The maximum atomic E-state index is 8.81. The Balaban J connectivity index is 2.67. The fourth-order valence-corrected chi connectivity index (χ4v) is 1.20. The van der Waals surface area contributed by atoms with Crippen LogP contribution in [0.2, 0.25) is 0 Å². The average molecular weight is 247 g/mol. The molecule has 0 spiro atoms.